The van der Waals surface area contributed by atoms with E-state index in [0.29, 0.717) is 18.6 Å². The molecule has 1 aliphatic rings. The molecular formula is C13H14O3. The predicted octanol–water partition coefficient (Wildman–Crippen LogP) is 2.20. The second-order valence-electron chi connectivity index (χ2n) is 3.63. The van der Waals surface area contributed by atoms with E-state index in [2.05, 4.69) is 0 Å². The zero-order valence-electron chi connectivity index (χ0n) is 9.45. The van der Waals surface area contributed by atoms with Gasteiger partial charge in [-0.3, -0.25) is 0 Å². The number of benzene rings is 1. The molecule has 0 aliphatic heterocycles. The Morgan fingerprint density at radius 1 is 1.44 bits per heavy atom. The average Bonchev–Trinajstić information content (AvgIpc) is 2.71. The van der Waals surface area contributed by atoms with Gasteiger partial charge < -0.3 is 9.47 Å². The van der Waals surface area contributed by atoms with Crippen molar-refractivity contribution in [2.75, 3.05) is 13.7 Å². The number of ether oxygens (including phenoxy) is 2. The number of hydrogen-bond donors (Lipinski definition) is 0. The molecule has 0 radical (unpaired) electrons. The van der Waals surface area contributed by atoms with Crippen molar-refractivity contribution in [3.05, 3.63) is 34.9 Å². The predicted molar refractivity (Wildman–Crippen MR) is 61.3 cm³/mol. The summed E-state index contributed by atoms with van der Waals surface area (Å²) in [5.74, 6) is 0.581. The number of rotatable bonds is 3. The molecule has 0 aromatic heterocycles. The second-order valence-corrected chi connectivity index (χ2v) is 3.63. The highest BCUT2D eigenvalue weighted by Gasteiger charge is 2.19. The standard InChI is InChI=1S/C13H14O3/c1-3-16-13(14)11-6-9-4-5-12(15-2)8-10(9)7-11/h4-5,7-8H,3,6H2,1-2H3. The monoisotopic (exact) mass is 218 g/mol. The van der Waals surface area contributed by atoms with Gasteiger partial charge in [0.1, 0.15) is 5.75 Å². The molecule has 0 unspecified atom stereocenters. The second kappa shape index (κ2) is 4.39. The van der Waals surface area contributed by atoms with Crippen LogP contribution in [0.15, 0.2) is 23.8 Å². The van der Waals surface area contributed by atoms with Crippen LogP contribution in [0.3, 0.4) is 0 Å². The van der Waals surface area contributed by atoms with Gasteiger partial charge in [-0.15, -0.1) is 0 Å². The molecule has 2 rings (SSSR count). The zero-order valence-corrected chi connectivity index (χ0v) is 9.45. The SMILES string of the molecule is CCOC(=O)C1=Cc2cc(OC)ccc2C1. The first-order valence-electron chi connectivity index (χ1n) is 5.29. The average molecular weight is 218 g/mol. The summed E-state index contributed by atoms with van der Waals surface area (Å²) in [7, 11) is 1.63. The van der Waals surface area contributed by atoms with Gasteiger partial charge in [0.25, 0.3) is 0 Å². The fourth-order valence-electron chi connectivity index (χ4n) is 1.79. The van der Waals surface area contributed by atoms with E-state index in [1.165, 1.54) is 0 Å². The number of methoxy groups -OCH3 is 1. The quantitative estimate of drug-likeness (QED) is 0.729. The van der Waals surface area contributed by atoms with Crippen molar-refractivity contribution in [3.63, 3.8) is 0 Å². The van der Waals surface area contributed by atoms with Crippen LogP contribution in [0.4, 0.5) is 0 Å². The van der Waals surface area contributed by atoms with Crippen LogP contribution in [0, 0.1) is 0 Å². The van der Waals surface area contributed by atoms with E-state index >= 15 is 0 Å². The van der Waals surface area contributed by atoms with Gasteiger partial charge in [-0.2, -0.15) is 0 Å². The van der Waals surface area contributed by atoms with Crippen LogP contribution in [0.2, 0.25) is 0 Å². The fourth-order valence-corrected chi connectivity index (χ4v) is 1.79. The summed E-state index contributed by atoms with van der Waals surface area (Å²) in [6.07, 6.45) is 2.52. The van der Waals surface area contributed by atoms with Crippen molar-refractivity contribution in [2.24, 2.45) is 0 Å². The highest BCUT2D eigenvalue weighted by atomic mass is 16.5. The summed E-state index contributed by atoms with van der Waals surface area (Å²) in [4.78, 5) is 11.5. The van der Waals surface area contributed by atoms with Crippen LogP contribution in [0.5, 0.6) is 5.75 Å². The van der Waals surface area contributed by atoms with Crippen LogP contribution in [-0.2, 0) is 16.0 Å². The Hall–Kier alpha value is -1.77. The minimum atomic E-state index is -0.224. The van der Waals surface area contributed by atoms with E-state index in [9.17, 15) is 4.79 Å². The van der Waals surface area contributed by atoms with Gasteiger partial charge in [0.2, 0.25) is 0 Å². The lowest BCUT2D eigenvalue weighted by Gasteiger charge is -2.02. The van der Waals surface area contributed by atoms with Crippen LogP contribution in [-0.4, -0.2) is 19.7 Å². The maximum absolute atomic E-state index is 11.5. The van der Waals surface area contributed by atoms with Gasteiger partial charge in [-0.25, -0.2) is 4.79 Å². The summed E-state index contributed by atoms with van der Waals surface area (Å²) in [5.41, 5.74) is 2.90. The van der Waals surface area contributed by atoms with Crippen molar-refractivity contribution in [2.45, 2.75) is 13.3 Å². The first-order valence-corrected chi connectivity index (χ1v) is 5.29. The summed E-state index contributed by atoms with van der Waals surface area (Å²) in [6.45, 7) is 2.22. The van der Waals surface area contributed by atoms with Gasteiger partial charge in [0.05, 0.1) is 13.7 Å². The van der Waals surface area contributed by atoms with Crippen molar-refractivity contribution < 1.29 is 14.3 Å². The van der Waals surface area contributed by atoms with Gasteiger partial charge in [0, 0.05) is 12.0 Å². The summed E-state index contributed by atoms with van der Waals surface area (Å²) >= 11 is 0. The third-order valence-electron chi connectivity index (χ3n) is 2.60. The number of carbonyl (C=O) groups is 1. The molecule has 0 atom stereocenters. The van der Waals surface area contributed by atoms with Gasteiger partial charge in [-0.05, 0) is 36.3 Å². The molecule has 0 N–H and O–H groups in total. The Bertz CT molecular complexity index is 446. The van der Waals surface area contributed by atoms with E-state index in [-0.39, 0.29) is 5.97 Å². The van der Waals surface area contributed by atoms with Gasteiger partial charge >= 0.3 is 5.97 Å². The first-order chi connectivity index (χ1) is 7.74. The molecule has 16 heavy (non-hydrogen) atoms. The lowest BCUT2D eigenvalue weighted by Crippen LogP contribution is -2.07. The summed E-state index contributed by atoms with van der Waals surface area (Å²) < 4.78 is 10.1. The molecule has 0 saturated heterocycles. The molecule has 3 nitrogen and oxygen atoms in total. The third kappa shape index (κ3) is 1.94. The molecule has 1 aliphatic carbocycles. The van der Waals surface area contributed by atoms with Crippen molar-refractivity contribution in [1.82, 2.24) is 0 Å². The van der Waals surface area contributed by atoms with E-state index in [1.807, 2.05) is 31.2 Å². The highest BCUT2D eigenvalue weighted by Crippen LogP contribution is 2.28. The number of hydrogen-bond acceptors (Lipinski definition) is 3. The molecule has 0 heterocycles. The normalized spacial score (nSPS) is 13.0. The molecule has 1 aromatic rings. The Labute approximate surface area is 94.7 Å². The van der Waals surface area contributed by atoms with E-state index in [1.54, 1.807) is 7.11 Å². The van der Waals surface area contributed by atoms with Crippen LogP contribution < -0.4 is 4.74 Å². The maximum Gasteiger partial charge on any atom is 0.334 e. The largest absolute Gasteiger partial charge is 0.497 e. The molecule has 84 valence electrons. The van der Waals surface area contributed by atoms with E-state index in [4.69, 9.17) is 9.47 Å². The number of fused-ring (bicyclic) bond motifs is 1. The van der Waals surface area contributed by atoms with E-state index in [0.717, 1.165) is 16.9 Å². The molecule has 0 amide bonds. The summed E-state index contributed by atoms with van der Waals surface area (Å²) in [5, 5.41) is 0. The Morgan fingerprint density at radius 3 is 2.94 bits per heavy atom. The molecule has 0 bridgehead atoms. The van der Waals surface area contributed by atoms with Crippen LogP contribution >= 0.6 is 0 Å². The Kier molecular flexibility index (Phi) is 2.95. The minimum Gasteiger partial charge on any atom is -0.497 e. The van der Waals surface area contributed by atoms with Crippen molar-refractivity contribution in [3.8, 4) is 5.75 Å². The molecule has 3 heteroatoms. The first kappa shape index (κ1) is 10.7. The van der Waals surface area contributed by atoms with E-state index < -0.39 is 0 Å². The molecular weight excluding hydrogens is 204 g/mol. The number of esters is 1. The van der Waals surface area contributed by atoms with Gasteiger partial charge in [0.15, 0.2) is 0 Å². The lowest BCUT2D eigenvalue weighted by molar-refractivity contribution is -0.138. The van der Waals surface area contributed by atoms with Crippen LogP contribution in [0.25, 0.3) is 6.08 Å². The Morgan fingerprint density at radius 2 is 2.25 bits per heavy atom. The topological polar surface area (TPSA) is 35.5 Å². The zero-order chi connectivity index (χ0) is 11.5. The third-order valence-corrected chi connectivity index (χ3v) is 2.60. The smallest absolute Gasteiger partial charge is 0.334 e. The highest BCUT2D eigenvalue weighted by molar-refractivity contribution is 5.96. The maximum atomic E-state index is 11.5. The minimum absolute atomic E-state index is 0.224. The van der Waals surface area contributed by atoms with Crippen molar-refractivity contribution >= 4 is 12.0 Å². The molecule has 1 aromatic carbocycles. The van der Waals surface area contributed by atoms with Crippen molar-refractivity contribution in [1.29, 1.82) is 0 Å². The summed E-state index contributed by atoms with van der Waals surface area (Å²) in [6, 6.07) is 5.82. The van der Waals surface area contributed by atoms with Gasteiger partial charge in [-0.1, -0.05) is 6.07 Å². The number of carbonyl (C=O) groups excluding carboxylic acids is 1. The van der Waals surface area contributed by atoms with Crippen LogP contribution in [0.1, 0.15) is 18.1 Å². The molecule has 0 fully saturated rings. The fraction of sp³-hybridized carbons (Fsp3) is 0.308. The molecule has 0 spiro atoms. The Balaban J connectivity index is 2.22. The lowest BCUT2D eigenvalue weighted by atomic mass is 10.1. The molecule has 0 saturated carbocycles.